The first kappa shape index (κ1) is 14.6. The smallest absolute Gasteiger partial charge is 0.252 e. The van der Waals surface area contributed by atoms with Gasteiger partial charge >= 0.3 is 0 Å². The fourth-order valence-electron chi connectivity index (χ4n) is 1.17. The predicted molar refractivity (Wildman–Crippen MR) is 79.0 cm³/mol. The molecule has 0 heterocycles. The van der Waals surface area contributed by atoms with Gasteiger partial charge in [-0.1, -0.05) is 17.7 Å². The number of benzene rings is 1. The van der Waals surface area contributed by atoms with E-state index in [-0.39, 0.29) is 5.91 Å². The lowest BCUT2D eigenvalue weighted by molar-refractivity contribution is 0.0955. The normalized spacial score (nSPS) is 10.0. The van der Waals surface area contributed by atoms with E-state index >= 15 is 0 Å². The van der Waals surface area contributed by atoms with Crippen LogP contribution in [0.1, 0.15) is 10.4 Å². The summed E-state index contributed by atoms with van der Waals surface area (Å²) < 4.78 is 0.709. The van der Waals surface area contributed by atoms with E-state index in [1.807, 2.05) is 6.08 Å². The molecule has 1 aromatic carbocycles. The SMILES string of the molecule is C=CCSCCNC(=O)c1ccc(Cl)cc1Br. The Balaban J connectivity index is 2.44. The first-order valence-electron chi connectivity index (χ1n) is 5.07. The predicted octanol–water partition coefficient (Wildman–Crippen LogP) is 3.75. The number of thioether (sulfide) groups is 1. The van der Waals surface area contributed by atoms with E-state index in [0.717, 1.165) is 11.5 Å². The molecule has 0 spiro atoms. The van der Waals surface area contributed by atoms with Crippen LogP contribution in [0.15, 0.2) is 35.3 Å². The van der Waals surface area contributed by atoms with Gasteiger partial charge in [-0.05, 0) is 34.1 Å². The Kier molecular flexibility index (Phi) is 6.70. The Labute approximate surface area is 119 Å². The third-order valence-electron chi connectivity index (χ3n) is 1.94. The maximum absolute atomic E-state index is 11.8. The van der Waals surface area contributed by atoms with Gasteiger partial charge in [-0.25, -0.2) is 0 Å². The van der Waals surface area contributed by atoms with Crippen molar-refractivity contribution in [1.82, 2.24) is 5.32 Å². The van der Waals surface area contributed by atoms with Gasteiger partial charge in [0.2, 0.25) is 0 Å². The van der Waals surface area contributed by atoms with E-state index in [0.29, 0.717) is 21.6 Å². The molecule has 0 saturated carbocycles. The first-order valence-corrected chi connectivity index (χ1v) is 7.39. The van der Waals surface area contributed by atoms with E-state index in [9.17, 15) is 4.79 Å². The van der Waals surface area contributed by atoms with E-state index in [1.165, 1.54) is 0 Å². The molecule has 0 saturated heterocycles. The Morgan fingerprint density at radius 2 is 2.35 bits per heavy atom. The van der Waals surface area contributed by atoms with Gasteiger partial charge < -0.3 is 5.32 Å². The number of carbonyl (C=O) groups is 1. The van der Waals surface area contributed by atoms with Gasteiger partial charge in [0, 0.05) is 27.5 Å². The van der Waals surface area contributed by atoms with Crippen LogP contribution in [0.4, 0.5) is 0 Å². The van der Waals surface area contributed by atoms with Gasteiger partial charge in [-0.2, -0.15) is 11.8 Å². The maximum atomic E-state index is 11.8. The van der Waals surface area contributed by atoms with E-state index in [4.69, 9.17) is 11.6 Å². The van der Waals surface area contributed by atoms with E-state index < -0.39 is 0 Å². The van der Waals surface area contributed by atoms with Crippen molar-refractivity contribution in [1.29, 1.82) is 0 Å². The lowest BCUT2D eigenvalue weighted by Crippen LogP contribution is -2.26. The number of rotatable bonds is 6. The summed E-state index contributed by atoms with van der Waals surface area (Å²) in [6.07, 6.45) is 1.85. The summed E-state index contributed by atoms with van der Waals surface area (Å²) in [5.41, 5.74) is 0.600. The van der Waals surface area contributed by atoms with Gasteiger partial charge in [-0.3, -0.25) is 4.79 Å². The molecule has 92 valence electrons. The van der Waals surface area contributed by atoms with E-state index in [1.54, 1.807) is 30.0 Å². The third kappa shape index (κ3) is 5.15. The highest BCUT2D eigenvalue weighted by Gasteiger charge is 2.09. The maximum Gasteiger partial charge on any atom is 0.252 e. The summed E-state index contributed by atoms with van der Waals surface area (Å²) in [6.45, 7) is 4.28. The van der Waals surface area contributed by atoms with Crippen LogP contribution in [-0.2, 0) is 0 Å². The van der Waals surface area contributed by atoms with Crippen LogP contribution in [0.5, 0.6) is 0 Å². The highest BCUT2D eigenvalue weighted by Crippen LogP contribution is 2.21. The summed E-state index contributed by atoms with van der Waals surface area (Å²) in [6, 6.07) is 5.12. The molecule has 0 bridgehead atoms. The van der Waals surface area contributed by atoms with Gasteiger partial charge in [0.15, 0.2) is 0 Å². The largest absolute Gasteiger partial charge is 0.351 e. The van der Waals surface area contributed by atoms with Crippen LogP contribution < -0.4 is 5.32 Å². The zero-order valence-electron chi connectivity index (χ0n) is 9.21. The zero-order valence-corrected chi connectivity index (χ0v) is 12.4. The van der Waals surface area contributed by atoms with Crippen molar-refractivity contribution in [2.45, 2.75) is 0 Å². The number of hydrogen-bond donors (Lipinski definition) is 1. The Bertz CT molecular complexity index is 411. The third-order valence-corrected chi connectivity index (χ3v) is 3.80. The van der Waals surface area contributed by atoms with Crippen molar-refractivity contribution in [3.8, 4) is 0 Å². The van der Waals surface area contributed by atoms with Crippen molar-refractivity contribution < 1.29 is 4.79 Å². The molecule has 1 N–H and O–H groups in total. The molecule has 17 heavy (non-hydrogen) atoms. The van der Waals surface area contributed by atoms with Crippen LogP contribution in [0, 0.1) is 0 Å². The van der Waals surface area contributed by atoms with Crippen molar-refractivity contribution in [2.75, 3.05) is 18.1 Å². The Morgan fingerprint density at radius 3 is 3.00 bits per heavy atom. The fourth-order valence-corrected chi connectivity index (χ4v) is 2.61. The summed E-state index contributed by atoms with van der Waals surface area (Å²) in [7, 11) is 0. The van der Waals surface area contributed by atoms with Crippen molar-refractivity contribution in [2.24, 2.45) is 0 Å². The lowest BCUT2D eigenvalue weighted by Gasteiger charge is -2.06. The zero-order chi connectivity index (χ0) is 12.7. The van der Waals surface area contributed by atoms with Gasteiger partial charge in [0.05, 0.1) is 5.56 Å². The molecule has 0 fully saturated rings. The molecule has 0 unspecified atom stereocenters. The van der Waals surface area contributed by atoms with E-state index in [2.05, 4.69) is 27.8 Å². The van der Waals surface area contributed by atoms with Crippen LogP contribution in [0.25, 0.3) is 0 Å². The molecule has 0 aliphatic rings. The fraction of sp³-hybridized carbons (Fsp3) is 0.250. The molecule has 1 amide bonds. The van der Waals surface area contributed by atoms with Gasteiger partial charge in [0.1, 0.15) is 0 Å². The second kappa shape index (κ2) is 7.80. The molecule has 0 aromatic heterocycles. The summed E-state index contributed by atoms with van der Waals surface area (Å²) in [4.78, 5) is 11.8. The summed E-state index contributed by atoms with van der Waals surface area (Å²) >= 11 is 10.9. The Hall–Kier alpha value is -0.450. The van der Waals surface area contributed by atoms with Gasteiger partial charge in [-0.15, -0.1) is 6.58 Å². The van der Waals surface area contributed by atoms with Crippen LogP contribution in [-0.4, -0.2) is 24.0 Å². The molecular formula is C12H13BrClNOS. The second-order valence-electron chi connectivity index (χ2n) is 3.24. The minimum absolute atomic E-state index is 0.0901. The summed E-state index contributed by atoms with van der Waals surface area (Å²) in [5, 5.41) is 3.46. The van der Waals surface area contributed by atoms with Crippen molar-refractivity contribution in [3.63, 3.8) is 0 Å². The van der Waals surface area contributed by atoms with Crippen molar-refractivity contribution >= 4 is 45.2 Å². The Morgan fingerprint density at radius 1 is 1.59 bits per heavy atom. The number of amides is 1. The first-order chi connectivity index (χ1) is 8.15. The molecular weight excluding hydrogens is 322 g/mol. The van der Waals surface area contributed by atoms with Gasteiger partial charge in [0.25, 0.3) is 5.91 Å². The molecule has 0 radical (unpaired) electrons. The number of hydrogen-bond acceptors (Lipinski definition) is 2. The second-order valence-corrected chi connectivity index (χ2v) is 5.68. The topological polar surface area (TPSA) is 29.1 Å². The number of carbonyl (C=O) groups excluding carboxylic acids is 1. The minimum atomic E-state index is -0.0901. The molecule has 2 nitrogen and oxygen atoms in total. The molecule has 1 rings (SSSR count). The average Bonchev–Trinajstić information content (AvgIpc) is 2.28. The summed E-state index contributed by atoms with van der Waals surface area (Å²) in [5.74, 6) is 1.69. The molecule has 0 atom stereocenters. The van der Waals surface area contributed by atoms with Crippen LogP contribution >= 0.6 is 39.3 Å². The highest BCUT2D eigenvalue weighted by molar-refractivity contribution is 9.10. The highest BCUT2D eigenvalue weighted by atomic mass is 79.9. The number of nitrogens with one attached hydrogen (secondary N) is 1. The van der Waals surface area contributed by atoms with Crippen molar-refractivity contribution in [3.05, 3.63) is 45.9 Å². The molecule has 0 aliphatic heterocycles. The average molecular weight is 335 g/mol. The molecule has 0 aliphatic carbocycles. The monoisotopic (exact) mass is 333 g/mol. The number of halogens is 2. The molecule has 1 aromatic rings. The van der Waals surface area contributed by atoms with Crippen LogP contribution in [0.2, 0.25) is 5.02 Å². The quantitative estimate of drug-likeness (QED) is 0.634. The standard InChI is InChI=1S/C12H13BrClNOS/c1-2-6-17-7-5-15-12(16)10-4-3-9(14)8-11(10)13/h2-4,8H,1,5-7H2,(H,15,16). The van der Waals surface area contributed by atoms with Crippen LogP contribution in [0.3, 0.4) is 0 Å². The molecule has 5 heteroatoms. The minimum Gasteiger partial charge on any atom is -0.351 e. The lowest BCUT2D eigenvalue weighted by atomic mass is 10.2.